The molecule has 0 bridgehead atoms. The second-order valence-corrected chi connectivity index (χ2v) is 6.34. The van der Waals surface area contributed by atoms with Crippen LogP contribution in [0.15, 0.2) is 48.7 Å². The van der Waals surface area contributed by atoms with E-state index in [1.54, 1.807) is 10.9 Å². The SMILES string of the molecule is Cc1cc(-n2nc(-c3ccccc3)nc2CC[C@H]2NC(=O)NC2=O)ccn1. The number of carbonyl (C=O) groups excluding carboxylic acids is 2. The van der Waals surface area contributed by atoms with E-state index >= 15 is 0 Å². The highest BCUT2D eigenvalue weighted by atomic mass is 16.2. The number of pyridine rings is 1. The van der Waals surface area contributed by atoms with Crippen LogP contribution in [0, 0.1) is 6.92 Å². The Morgan fingerprint density at radius 3 is 2.67 bits per heavy atom. The van der Waals surface area contributed by atoms with E-state index in [9.17, 15) is 9.59 Å². The normalized spacial score (nSPS) is 16.3. The molecule has 1 fully saturated rings. The molecule has 3 heterocycles. The first-order chi connectivity index (χ1) is 13.1. The van der Waals surface area contributed by atoms with E-state index in [1.807, 2.05) is 49.4 Å². The van der Waals surface area contributed by atoms with Gasteiger partial charge in [-0.2, -0.15) is 0 Å². The number of hydrogen-bond acceptors (Lipinski definition) is 5. The monoisotopic (exact) mass is 362 g/mol. The molecule has 0 saturated carbocycles. The van der Waals surface area contributed by atoms with Crippen molar-refractivity contribution in [2.24, 2.45) is 0 Å². The third-order valence-corrected chi connectivity index (χ3v) is 4.35. The van der Waals surface area contributed by atoms with Gasteiger partial charge in [0.05, 0.1) is 5.69 Å². The Hall–Kier alpha value is -3.55. The molecule has 0 aliphatic carbocycles. The lowest BCUT2D eigenvalue weighted by molar-refractivity contribution is -0.120. The Labute approximate surface area is 155 Å². The molecule has 0 spiro atoms. The molecule has 2 N–H and O–H groups in total. The van der Waals surface area contributed by atoms with Crippen molar-refractivity contribution >= 4 is 11.9 Å². The van der Waals surface area contributed by atoms with Crippen molar-refractivity contribution in [1.82, 2.24) is 30.4 Å². The van der Waals surface area contributed by atoms with E-state index in [-0.39, 0.29) is 5.91 Å². The molecule has 136 valence electrons. The van der Waals surface area contributed by atoms with Crippen LogP contribution < -0.4 is 10.6 Å². The zero-order valence-corrected chi connectivity index (χ0v) is 14.7. The lowest BCUT2D eigenvalue weighted by Gasteiger charge is -2.08. The highest BCUT2D eigenvalue weighted by Crippen LogP contribution is 2.20. The summed E-state index contributed by atoms with van der Waals surface area (Å²) in [6.07, 6.45) is 2.65. The zero-order valence-electron chi connectivity index (χ0n) is 14.7. The first-order valence-corrected chi connectivity index (χ1v) is 8.66. The van der Waals surface area contributed by atoms with Crippen molar-refractivity contribution < 1.29 is 9.59 Å². The fourth-order valence-electron chi connectivity index (χ4n) is 3.02. The first-order valence-electron chi connectivity index (χ1n) is 8.66. The molecule has 1 aromatic carbocycles. The summed E-state index contributed by atoms with van der Waals surface area (Å²) in [5, 5.41) is 9.52. The smallest absolute Gasteiger partial charge is 0.322 e. The van der Waals surface area contributed by atoms with Crippen LogP contribution in [0.1, 0.15) is 17.9 Å². The summed E-state index contributed by atoms with van der Waals surface area (Å²) in [5.41, 5.74) is 2.64. The van der Waals surface area contributed by atoms with Crippen molar-refractivity contribution in [3.63, 3.8) is 0 Å². The van der Waals surface area contributed by atoms with Crippen LogP contribution in [-0.4, -0.2) is 37.7 Å². The van der Waals surface area contributed by atoms with Crippen LogP contribution in [0.25, 0.3) is 17.1 Å². The van der Waals surface area contributed by atoms with Gasteiger partial charge in [-0.1, -0.05) is 30.3 Å². The third kappa shape index (κ3) is 3.55. The van der Waals surface area contributed by atoms with Gasteiger partial charge in [-0.15, -0.1) is 5.10 Å². The maximum absolute atomic E-state index is 11.8. The molecular weight excluding hydrogens is 344 g/mol. The van der Waals surface area contributed by atoms with Gasteiger partial charge in [0.1, 0.15) is 11.9 Å². The number of nitrogens with zero attached hydrogens (tertiary/aromatic N) is 4. The van der Waals surface area contributed by atoms with Crippen LogP contribution >= 0.6 is 0 Å². The van der Waals surface area contributed by atoms with E-state index in [4.69, 9.17) is 0 Å². The van der Waals surface area contributed by atoms with Gasteiger partial charge in [-0.05, 0) is 25.5 Å². The minimum Gasteiger partial charge on any atom is -0.326 e. The molecule has 0 radical (unpaired) electrons. The van der Waals surface area contributed by atoms with Crippen LogP contribution in [0.2, 0.25) is 0 Å². The highest BCUT2D eigenvalue weighted by Gasteiger charge is 2.29. The fraction of sp³-hybridized carbons (Fsp3) is 0.211. The van der Waals surface area contributed by atoms with Crippen molar-refractivity contribution in [2.45, 2.75) is 25.8 Å². The summed E-state index contributed by atoms with van der Waals surface area (Å²) in [5.74, 6) is 1.02. The molecule has 0 unspecified atom stereocenters. The van der Waals surface area contributed by atoms with Crippen molar-refractivity contribution in [2.75, 3.05) is 0 Å². The van der Waals surface area contributed by atoms with Gasteiger partial charge in [0, 0.05) is 23.9 Å². The largest absolute Gasteiger partial charge is 0.326 e. The van der Waals surface area contributed by atoms with E-state index in [0.29, 0.717) is 24.5 Å². The van der Waals surface area contributed by atoms with Crippen LogP contribution in [0.3, 0.4) is 0 Å². The molecular formula is C19H18N6O2. The van der Waals surface area contributed by atoms with E-state index in [0.717, 1.165) is 16.9 Å². The maximum atomic E-state index is 11.8. The molecule has 3 amide bonds. The summed E-state index contributed by atoms with van der Waals surface area (Å²) in [7, 11) is 0. The standard InChI is InChI=1S/C19H18N6O2/c1-12-11-14(9-10-20-12)25-16(8-7-15-18(26)23-19(27)21-15)22-17(24-25)13-5-3-2-4-6-13/h2-6,9-11,15H,7-8H2,1H3,(H2,21,23,26,27)/t15-/m1/s1. The topological polar surface area (TPSA) is 102 Å². The first kappa shape index (κ1) is 16.9. The van der Waals surface area contributed by atoms with Crippen LogP contribution in [0.4, 0.5) is 4.79 Å². The summed E-state index contributed by atoms with van der Waals surface area (Å²) in [4.78, 5) is 32.0. The number of benzene rings is 1. The predicted molar refractivity (Wildman–Crippen MR) is 98.1 cm³/mol. The molecule has 2 aromatic heterocycles. The van der Waals surface area contributed by atoms with Gasteiger partial charge >= 0.3 is 6.03 Å². The number of carbonyl (C=O) groups is 2. The number of hydrogen-bond donors (Lipinski definition) is 2. The van der Waals surface area contributed by atoms with Gasteiger partial charge in [0.2, 0.25) is 0 Å². The highest BCUT2D eigenvalue weighted by molar-refractivity contribution is 6.04. The number of aromatic nitrogens is 4. The van der Waals surface area contributed by atoms with Crippen LogP contribution in [0.5, 0.6) is 0 Å². The summed E-state index contributed by atoms with van der Waals surface area (Å²) in [6.45, 7) is 1.91. The average Bonchev–Trinajstić information content (AvgIpc) is 3.23. The molecule has 1 saturated heterocycles. The second-order valence-electron chi connectivity index (χ2n) is 6.34. The van der Waals surface area contributed by atoms with Crippen LogP contribution in [-0.2, 0) is 11.2 Å². The minimum absolute atomic E-state index is 0.311. The Balaban J connectivity index is 1.67. The van der Waals surface area contributed by atoms with Crippen molar-refractivity contribution in [3.8, 4) is 17.1 Å². The summed E-state index contributed by atoms with van der Waals surface area (Å²) in [6, 6.07) is 12.5. The lowest BCUT2D eigenvalue weighted by Crippen LogP contribution is -2.29. The molecule has 3 aromatic rings. The van der Waals surface area contributed by atoms with Crippen molar-refractivity contribution in [1.29, 1.82) is 0 Å². The molecule has 8 nitrogen and oxygen atoms in total. The Morgan fingerprint density at radius 2 is 1.96 bits per heavy atom. The molecule has 1 aliphatic heterocycles. The lowest BCUT2D eigenvalue weighted by atomic mass is 10.1. The van der Waals surface area contributed by atoms with Gasteiger partial charge in [0.25, 0.3) is 5.91 Å². The predicted octanol–water partition coefficient (Wildman–Crippen LogP) is 1.78. The summed E-state index contributed by atoms with van der Waals surface area (Å²) < 4.78 is 1.77. The quantitative estimate of drug-likeness (QED) is 0.674. The van der Waals surface area contributed by atoms with Gasteiger partial charge in [0.15, 0.2) is 5.82 Å². The van der Waals surface area contributed by atoms with E-state index in [2.05, 4.69) is 25.7 Å². The average molecular weight is 362 g/mol. The van der Waals surface area contributed by atoms with Crippen molar-refractivity contribution in [3.05, 3.63) is 60.2 Å². The number of aryl methyl sites for hydroxylation is 2. The molecule has 8 heteroatoms. The number of amides is 3. The number of imide groups is 1. The summed E-state index contributed by atoms with van der Waals surface area (Å²) >= 11 is 0. The Morgan fingerprint density at radius 1 is 1.15 bits per heavy atom. The molecule has 1 atom stereocenters. The fourth-order valence-corrected chi connectivity index (χ4v) is 3.02. The zero-order chi connectivity index (χ0) is 18.8. The second kappa shape index (κ2) is 6.99. The van der Waals surface area contributed by atoms with E-state index in [1.165, 1.54) is 0 Å². The Bertz CT molecular complexity index is 998. The van der Waals surface area contributed by atoms with Gasteiger partial charge in [-0.3, -0.25) is 15.1 Å². The maximum Gasteiger partial charge on any atom is 0.322 e. The minimum atomic E-state index is -0.554. The number of rotatable bonds is 5. The number of urea groups is 1. The number of nitrogens with one attached hydrogen (secondary N) is 2. The Kier molecular flexibility index (Phi) is 4.37. The molecule has 1 aliphatic rings. The molecule has 27 heavy (non-hydrogen) atoms. The third-order valence-electron chi connectivity index (χ3n) is 4.35. The van der Waals surface area contributed by atoms with Gasteiger partial charge in [-0.25, -0.2) is 14.5 Å². The van der Waals surface area contributed by atoms with E-state index < -0.39 is 12.1 Å². The molecule has 4 rings (SSSR count). The van der Waals surface area contributed by atoms with Gasteiger partial charge < -0.3 is 5.32 Å².